The summed E-state index contributed by atoms with van der Waals surface area (Å²) in [6.45, 7) is 0. The van der Waals surface area contributed by atoms with Crippen LogP contribution in [0, 0.1) is 3.57 Å². The largest absolute Gasteiger partial charge is 0.339 e. The highest BCUT2D eigenvalue weighted by molar-refractivity contribution is 14.1. The molecule has 2 aromatic rings. The van der Waals surface area contributed by atoms with E-state index in [9.17, 15) is 0 Å². The Labute approximate surface area is 120 Å². The van der Waals surface area contributed by atoms with Crippen LogP contribution in [-0.4, -0.2) is 9.97 Å². The second-order valence-corrected chi connectivity index (χ2v) is 5.40. The van der Waals surface area contributed by atoms with Crippen LogP contribution < -0.4 is 5.32 Å². The van der Waals surface area contributed by atoms with Gasteiger partial charge in [0.05, 0.1) is 8.59 Å². The van der Waals surface area contributed by atoms with Crippen molar-refractivity contribution in [2.75, 3.05) is 5.32 Å². The maximum Gasteiger partial charge on any atom is 0.147 e. The first-order chi connectivity index (χ1) is 7.66. The molecule has 0 bridgehead atoms. The van der Waals surface area contributed by atoms with Gasteiger partial charge >= 0.3 is 0 Å². The maximum absolute atomic E-state index is 5.91. The van der Waals surface area contributed by atoms with E-state index in [1.807, 2.05) is 18.2 Å². The van der Waals surface area contributed by atoms with Gasteiger partial charge in [-0.15, -0.1) is 0 Å². The predicted molar refractivity (Wildman–Crippen MR) is 77.2 cm³/mol. The number of benzene rings is 1. The number of nitrogens with one attached hydrogen (secondary N) is 1. The average Bonchev–Trinajstić information content (AvgIpc) is 2.27. The standard InChI is InChI=1S/C10H6BrClIN3/c11-7-3-6(1-2-8(7)12)16-10-9(13)4-14-5-15-10/h1-5H,(H,14,15,16). The Morgan fingerprint density at radius 3 is 2.88 bits per heavy atom. The van der Waals surface area contributed by atoms with Crippen molar-refractivity contribution in [3.63, 3.8) is 0 Å². The van der Waals surface area contributed by atoms with E-state index in [4.69, 9.17) is 11.6 Å². The third kappa shape index (κ3) is 2.83. The third-order valence-electron chi connectivity index (χ3n) is 1.85. The molecule has 0 spiro atoms. The highest BCUT2D eigenvalue weighted by Crippen LogP contribution is 2.27. The lowest BCUT2D eigenvalue weighted by atomic mass is 10.3. The van der Waals surface area contributed by atoms with E-state index in [-0.39, 0.29) is 0 Å². The Hall–Kier alpha value is -0.400. The van der Waals surface area contributed by atoms with Gasteiger partial charge in [0, 0.05) is 16.4 Å². The lowest BCUT2D eigenvalue weighted by molar-refractivity contribution is 1.15. The van der Waals surface area contributed by atoms with Crippen molar-refractivity contribution in [1.29, 1.82) is 0 Å². The molecule has 3 nitrogen and oxygen atoms in total. The molecule has 0 aliphatic rings. The van der Waals surface area contributed by atoms with Gasteiger partial charge in [-0.05, 0) is 56.7 Å². The molecule has 1 N–H and O–H groups in total. The quantitative estimate of drug-likeness (QED) is 0.753. The number of rotatable bonds is 2. The number of hydrogen-bond acceptors (Lipinski definition) is 3. The van der Waals surface area contributed by atoms with Crippen molar-refractivity contribution >= 4 is 61.6 Å². The maximum atomic E-state index is 5.91. The molecular weight excluding hydrogens is 404 g/mol. The lowest BCUT2D eigenvalue weighted by Crippen LogP contribution is -1.96. The molecule has 1 aromatic carbocycles. The van der Waals surface area contributed by atoms with Crippen molar-refractivity contribution in [1.82, 2.24) is 9.97 Å². The Morgan fingerprint density at radius 1 is 1.38 bits per heavy atom. The molecule has 16 heavy (non-hydrogen) atoms. The first-order valence-electron chi connectivity index (χ1n) is 4.34. The Balaban J connectivity index is 2.28. The molecule has 1 aromatic heterocycles. The Bertz CT molecular complexity index is 521. The van der Waals surface area contributed by atoms with Crippen LogP contribution in [0.4, 0.5) is 11.5 Å². The summed E-state index contributed by atoms with van der Waals surface area (Å²) >= 11 is 11.5. The van der Waals surface area contributed by atoms with Crippen LogP contribution in [0.25, 0.3) is 0 Å². The van der Waals surface area contributed by atoms with Gasteiger partial charge < -0.3 is 5.32 Å². The van der Waals surface area contributed by atoms with E-state index in [2.05, 4.69) is 53.8 Å². The number of anilines is 2. The monoisotopic (exact) mass is 409 g/mol. The minimum Gasteiger partial charge on any atom is -0.339 e. The highest BCUT2D eigenvalue weighted by atomic mass is 127. The minimum atomic E-state index is 0.683. The van der Waals surface area contributed by atoms with E-state index >= 15 is 0 Å². The first kappa shape index (κ1) is 12.1. The van der Waals surface area contributed by atoms with Crippen LogP contribution >= 0.6 is 50.1 Å². The molecule has 0 saturated heterocycles. The molecule has 0 aliphatic carbocycles. The summed E-state index contributed by atoms with van der Waals surface area (Å²) in [7, 11) is 0. The zero-order valence-electron chi connectivity index (χ0n) is 7.92. The van der Waals surface area contributed by atoms with Crippen molar-refractivity contribution in [3.8, 4) is 0 Å². The third-order valence-corrected chi connectivity index (χ3v) is 3.85. The van der Waals surface area contributed by atoms with Gasteiger partial charge in [-0.25, -0.2) is 9.97 Å². The predicted octanol–water partition coefficient (Wildman–Crippen LogP) is 4.24. The molecule has 0 aliphatic heterocycles. The molecule has 1 heterocycles. The van der Waals surface area contributed by atoms with Gasteiger partial charge in [0.1, 0.15) is 12.1 Å². The summed E-state index contributed by atoms with van der Waals surface area (Å²) < 4.78 is 1.81. The van der Waals surface area contributed by atoms with Gasteiger partial charge in [-0.3, -0.25) is 0 Å². The molecule has 0 fully saturated rings. The van der Waals surface area contributed by atoms with E-state index in [0.717, 1.165) is 19.5 Å². The molecule has 0 radical (unpaired) electrons. The van der Waals surface area contributed by atoms with Crippen LogP contribution in [0.2, 0.25) is 5.02 Å². The first-order valence-corrected chi connectivity index (χ1v) is 6.59. The van der Waals surface area contributed by atoms with Crippen LogP contribution in [-0.2, 0) is 0 Å². The smallest absolute Gasteiger partial charge is 0.147 e. The number of hydrogen-bond donors (Lipinski definition) is 1. The highest BCUT2D eigenvalue weighted by Gasteiger charge is 2.03. The van der Waals surface area contributed by atoms with Crippen molar-refractivity contribution in [2.45, 2.75) is 0 Å². The van der Waals surface area contributed by atoms with E-state index in [1.54, 1.807) is 6.20 Å². The fourth-order valence-corrected chi connectivity index (χ4v) is 2.05. The molecule has 2 rings (SSSR count). The second kappa shape index (κ2) is 5.29. The molecule has 0 atom stereocenters. The molecular formula is C10H6BrClIN3. The summed E-state index contributed by atoms with van der Waals surface area (Å²) in [6, 6.07) is 5.62. The van der Waals surface area contributed by atoms with E-state index in [1.165, 1.54) is 6.33 Å². The van der Waals surface area contributed by atoms with Gasteiger partial charge in [-0.2, -0.15) is 0 Å². The summed E-state index contributed by atoms with van der Waals surface area (Å²) in [5.74, 6) is 0.782. The Kier molecular flexibility index (Phi) is 3.99. The van der Waals surface area contributed by atoms with Crippen molar-refractivity contribution < 1.29 is 0 Å². The number of aromatic nitrogens is 2. The SMILES string of the molecule is Clc1ccc(Nc2ncncc2I)cc1Br. The topological polar surface area (TPSA) is 37.8 Å². The molecule has 0 saturated carbocycles. The number of nitrogens with zero attached hydrogens (tertiary/aromatic N) is 2. The van der Waals surface area contributed by atoms with Crippen LogP contribution in [0.1, 0.15) is 0 Å². The normalized spacial score (nSPS) is 10.2. The van der Waals surface area contributed by atoms with Gasteiger partial charge in [0.15, 0.2) is 0 Å². The van der Waals surface area contributed by atoms with Crippen molar-refractivity contribution in [2.24, 2.45) is 0 Å². The molecule has 0 unspecified atom stereocenters. The van der Waals surface area contributed by atoms with Gasteiger partial charge in [-0.1, -0.05) is 11.6 Å². The van der Waals surface area contributed by atoms with Gasteiger partial charge in [0.25, 0.3) is 0 Å². The lowest BCUT2D eigenvalue weighted by Gasteiger charge is -2.07. The van der Waals surface area contributed by atoms with E-state index in [0.29, 0.717) is 5.02 Å². The summed E-state index contributed by atoms with van der Waals surface area (Å²) in [4.78, 5) is 8.08. The van der Waals surface area contributed by atoms with E-state index < -0.39 is 0 Å². The summed E-state index contributed by atoms with van der Waals surface area (Å²) in [5, 5.41) is 3.88. The fourth-order valence-electron chi connectivity index (χ4n) is 1.12. The summed E-state index contributed by atoms with van der Waals surface area (Å²) in [6.07, 6.45) is 3.26. The Morgan fingerprint density at radius 2 is 2.19 bits per heavy atom. The average molecular weight is 410 g/mol. The number of halogens is 3. The van der Waals surface area contributed by atoms with Crippen LogP contribution in [0.3, 0.4) is 0 Å². The summed E-state index contributed by atoms with van der Waals surface area (Å²) in [5.41, 5.74) is 0.924. The minimum absolute atomic E-state index is 0.683. The fraction of sp³-hybridized carbons (Fsp3) is 0. The zero-order valence-corrected chi connectivity index (χ0v) is 12.4. The van der Waals surface area contributed by atoms with Crippen LogP contribution in [0.15, 0.2) is 35.2 Å². The zero-order chi connectivity index (χ0) is 11.5. The van der Waals surface area contributed by atoms with Crippen molar-refractivity contribution in [3.05, 3.63) is 43.8 Å². The molecule has 0 amide bonds. The molecule has 6 heteroatoms. The van der Waals surface area contributed by atoms with Crippen LogP contribution in [0.5, 0.6) is 0 Å². The molecule has 82 valence electrons. The van der Waals surface area contributed by atoms with Gasteiger partial charge in [0.2, 0.25) is 0 Å². The second-order valence-electron chi connectivity index (χ2n) is 2.97.